The van der Waals surface area contributed by atoms with Crippen LogP contribution in [0.5, 0.6) is 0 Å². The van der Waals surface area contributed by atoms with E-state index in [-0.39, 0.29) is 135 Å². The number of nitrogens with zero attached hydrogens (tertiary/aromatic N) is 6. The van der Waals surface area contributed by atoms with E-state index in [2.05, 4.69) is 26.3 Å². The molecule has 1 saturated heterocycles. The molecule has 5 rings (SSSR count). The van der Waals surface area contributed by atoms with Gasteiger partial charge >= 0.3 is 41.8 Å². The standard InChI is InChI=1S/C50H66N10O16/c61-41(28-56-17-19-57(29-43(64)65)21-23-59(31-45(68)69)24-22-58(20-18-56)30-44(66)67)60-16-14-36-35(27-60)10-11-37(52-36)47(71)53-40(26-32-8-9-33-5-1-2-6-34(33)25-32)46(70)51-15-4-3-7-38(48(72)73)54-50(76)55-39(49(74)75)12-13-42(62)63/h1-2,5-6,8-11,25,38-40H,3-4,7,12-24,26-31H2,(H,51,70)(H,53,71)(H,62,63)(H,64,65)(H,66,67)(H,68,69)(H,72,73)(H,74,75)(H2,54,55,76)/t38-,39-,40-/m0/s1. The van der Waals surface area contributed by atoms with Crippen LogP contribution in [-0.2, 0) is 57.7 Å². The van der Waals surface area contributed by atoms with Gasteiger partial charge in [0.1, 0.15) is 23.8 Å². The topological polar surface area (TPSA) is 369 Å². The van der Waals surface area contributed by atoms with E-state index in [9.17, 15) is 73.5 Å². The van der Waals surface area contributed by atoms with Crippen LogP contribution in [-0.4, -0.2) is 229 Å². The summed E-state index contributed by atoms with van der Waals surface area (Å²) in [6.07, 6.45) is -0.222. The van der Waals surface area contributed by atoms with Crippen molar-refractivity contribution >= 4 is 70.3 Å². The molecule has 0 aliphatic carbocycles. The summed E-state index contributed by atoms with van der Waals surface area (Å²) in [4.78, 5) is 136. The Balaban J connectivity index is 1.21. The number of carbonyl (C=O) groups is 10. The normalized spacial score (nSPS) is 16.3. The number of pyridine rings is 1. The number of hydrogen-bond acceptors (Lipinski definition) is 15. The van der Waals surface area contributed by atoms with Crippen molar-refractivity contribution in [3.63, 3.8) is 0 Å². The predicted octanol–water partition coefficient (Wildman–Crippen LogP) is -0.707. The fourth-order valence-corrected chi connectivity index (χ4v) is 8.82. The van der Waals surface area contributed by atoms with Crippen LogP contribution in [0.25, 0.3) is 10.8 Å². The third-order valence-corrected chi connectivity index (χ3v) is 12.9. The molecule has 76 heavy (non-hydrogen) atoms. The highest BCUT2D eigenvalue weighted by Gasteiger charge is 2.29. The average molecular weight is 1060 g/mol. The van der Waals surface area contributed by atoms with Gasteiger partial charge in [-0.3, -0.25) is 53.2 Å². The highest BCUT2D eigenvalue weighted by Crippen LogP contribution is 2.20. The van der Waals surface area contributed by atoms with Crippen molar-refractivity contribution in [2.24, 2.45) is 0 Å². The van der Waals surface area contributed by atoms with Crippen molar-refractivity contribution < 1.29 is 78.6 Å². The molecule has 0 unspecified atom stereocenters. The number of fused-ring (bicyclic) bond motifs is 2. The van der Waals surface area contributed by atoms with Crippen molar-refractivity contribution in [2.45, 2.75) is 69.6 Å². The molecule has 1 fully saturated rings. The third-order valence-electron chi connectivity index (χ3n) is 12.9. The quantitative estimate of drug-likeness (QED) is 0.0469. The van der Waals surface area contributed by atoms with Crippen LogP contribution in [0.1, 0.15) is 59.4 Å². The number of unbranched alkanes of at least 4 members (excludes halogenated alkanes) is 1. The van der Waals surface area contributed by atoms with Gasteiger partial charge in [0.05, 0.1) is 26.2 Å². The van der Waals surface area contributed by atoms with E-state index in [4.69, 9.17) is 5.11 Å². The molecule has 10 N–H and O–H groups in total. The Morgan fingerprint density at radius 2 is 1.09 bits per heavy atom. The SMILES string of the molecule is O=C(O)CC[C@H](NC(=O)N[C@@H](CCCCNC(=O)[C@H](Cc1ccc2ccccc2c1)NC(=O)c1ccc2c(n1)CCN(C(=O)CN1CCN(CC(=O)O)CCN(CC(=O)O)CCN(CC(=O)O)CC1)C2)C(=O)O)C(=O)O. The van der Waals surface area contributed by atoms with Crippen LogP contribution >= 0.6 is 0 Å². The molecule has 2 aliphatic heterocycles. The number of hydrogen-bond donors (Lipinski definition) is 10. The molecule has 5 amide bonds. The Hall–Kier alpha value is -7.81. The van der Waals surface area contributed by atoms with Gasteiger partial charge < -0.3 is 56.8 Å². The summed E-state index contributed by atoms with van der Waals surface area (Å²) in [5, 5.41) is 68.3. The molecule has 0 saturated carbocycles. The van der Waals surface area contributed by atoms with Gasteiger partial charge in [-0.25, -0.2) is 19.4 Å². The maximum atomic E-state index is 13.9. The van der Waals surface area contributed by atoms with Crippen LogP contribution in [0, 0.1) is 0 Å². The summed E-state index contributed by atoms with van der Waals surface area (Å²) in [6, 6.07) is 11.3. The van der Waals surface area contributed by atoms with E-state index in [0.717, 1.165) is 16.3 Å². The third kappa shape index (κ3) is 19.8. The fraction of sp³-hybridized carbons (Fsp3) is 0.500. The van der Waals surface area contributed by atoms with E-state index < -0.39 is 84.6 Å². The highest BCUT2D eigenvalue weighted by molar-refractivity contribution is 5.96. The molecule has 3 atom stereocenters. The van der Waals surface area contributed by atoms with Crippen LogP contribution in [0.4, 0.5) is 4.79 Å². The largest absolute Gasteiger partial charge is 0.481 e. The van der Waals surface area contributed by atoms with Gasteiger partial charge in [0, 0.05) is 96.9 Å². The maximum Gasteiger partial charge on any atom is 0.326 e. The first kappa shape index (κ1) is 59.1. The Bertz CT molecular complexity index is 2550. The molecular weight excluding hydrogens is 997 g/mol. The molecular formula is C50H66N10O16. The summed E-state index contributed by atoms with van der Waals surface area (Å²) in [5.41, 5.74) is 2.06. The van der Waals surface area contributed by atoms with Crippen LogP contribution in [0.3, 0.4) is 0 Å². The molecule has 3 aromatic rings. The zero-order chi connectivity index (χ0) is 55.3. The monoisotopic (exact) mass is 1060 g/mol. The Morgan fingerprint density at radius 3 is 1.63 bits per heavy atom. The average Bonchev–Trinajstić information content (AvgIpc) is 3.36. The molecule has 2 aliphatic rings. The summed E-state index contributed by atoms with van der Waals surface area (Å²) in [5.74, 6) is -8.75. The van der Waals surface area contributed by atoms with Gasteiger partial charge in [-0.2, -0.15) is 0 Å². The number of aromatic nitrogens is 1. The van der Waals surface area contributed by atoms with E-state index >= 15 is 0 Å². The maximum absolute atomic E-state index is 13.9. The molecule has 0 spiro atoms. The van der Waals surface area contributed by atoms with Crippen molar-refractivity contribution in [3.05, 3.63) is 77.1 Å². The number of carbonyl (C=O) groups excluding carboxylic acids is 4. The van der Waals surface area contributed by atoms with Gasteiger partial charge in [0.15, 0.2) is 0 Å². The van der Waals surface area contributed by atoms with E-state index in [1.54, 1.807) is 25.7 Å². The lowest BCUT2D eigenvalue weighted by molar-refractivity contribution is -0.141. The first-order valence-corrected chi connectivity index (χ1v) is 24.8. The molecule has 412 valence electrons. The molecule has 26 heteroatoms. The number of carboxylic acid groups (broad SMARTS) is 6. The zero-order valence-corrected chi connectivity index (χ0v) is 41.9. The molecule has 0 bridgehead atoms. The summed E-state index contributed by atoms with van der Waals surface area (Å²) >= 11 is 0. The Labute approximate surface area is 437 Å². The number of aliphatic carboxylic acids is 6. The number of nitrogens with one attached hydrogen (secondary N) is 4. The highest BCUT2D eigenvalue weighted by atomic mass is 16.4. The Kier molecular flexibility index (Phi) is 22.8. The first-order valence-electron chi connectivity index (χ1n) is 24.8. The minimum absolute atomic E-state index is 0.0323. The molecule has 1 aromatic heterocycles. The number of carboxylic acids is 6. The van der Waals surface area contributed by atoms with E-state index in [1.165, 1.54) is 6.07 Å². The predicted molar refractivity (Wildman–Crippen MR) is 269 cm³/mol. The van der Waals surface area contributed by atoms with Crippen LogP contribution < -0.4 is 21.3 Å². The lowest BCUT2D eigenvalue weighted by Gasteiger charge is -2.34. The molecule has 26 nitrogen and oxygen atoms in total. The summed E-state index contributed by atoms with van der Waals surface area (Å²) in [7, 11) is 0. The number of urea groups is 1. The van der Waals surface area contributed by atoms with Gasteiger partial charge in [0.2, 0.25) is 11.8 Å². The molecule has 2 aromatic carbocycles. The van der Waals surface area contributed by atoms with Gasteiger partial charge in [-0.1, -0.05) is 48.5 Å². The van der Waals surface area contributed by atoms with Crippen LogP contribution in [0.15, 0.2) is 54.6 Å². The van der Waals surface area contributed by atoms with Crippen LogP contribution in [0.2, 0.25) is 0 Å². The summed E-state index contributed by atoms with van der Waals surface area (Å²) < 4.78 is 0. The van der Waals surface area contributed by atoms with Crippen molar-refractivity contribution in [2.75, 3.05) is 91.6 Å². The van der Waals surface area contributed by atoms with Crippen molar-refractivity contribution in [1.82, 2.24) is 50.8 Å². The Morgan fingerprint density at radius 1 is 0.553 bits per heavy atom. The molecule has 0 radical (unpaired) electrons. The van der Waals surface area contributed by atoms with Gasteiger partial charge in [-0.15, -0.1) is 0 Å². The minimum atomic E-state index is -1.56. The fourth-order valence-electron chi connectivity index (χ4n) is 8.82. The van der Waals surface area contributed by atoms with Gasteiger partial charge in [-0.05, 0) is 53.6 Å². The smallest absolute Gasteiger partial charge is 0.326 e. The van der Waals surface area contributed by atoms with E-state index in [0.29, 0.717) is 17.7 Å². The number of amides is 5. The van der Waals surface area contributed by atoms with Crippen molar-refractivity contribution in [3.8, 4) is 0 Å². The second kappa shape index (κ2) is 29.3. The lowest BCUT2D eigenvalue weighted by Crippen LogP contribution is -2.51. The number of benzene rings is 2. The lowest BCUT2D eigenvalue weighted by atomic mass is 10.0. The van der Waals surface area contributed by atoms with Crippen molar-refractivity contribution in [1.29, 1.82) is 0 Å². The number of rotatable bonds is 25. The summed E-state index contributed by atoms with van der Waals surface area (Å²) in [6.45, 7) is 1.55. The first-order chi connectivity index (χ1) is 36.2. The molecule has 3 heterocycles. The second-order valence-electron chi connectivity index (χ2n) is 18.7. The van der Waals surface area contributed by atoms with Gasteiger partial charge in [0.25, 0.3) is 5.91 Å². The second-order valence-corrected chi connectivity index (χ2v) is 18.7. The van der Waals surface area contributed by atoms with E-state index in [1.807, 2.05) is 47.4 Å². The minimum Gasteiger partial charge on any atom is -0.481 e. The zero-order valence-electron chi connectivity index (χ0n) is 41.9.